The fraction of sp³-hybridized carbons (Fsp3) is 0.364. The topological polar surface area (TPSA) is 74.7 Å². The summed E-state index contributed by atoms with van der Waals surface area (Å²) in [6, 6.07) is 3.84. The van der Waals surface area contributed by atoms with Crippen molar-refractivity contribution in [2.24, 2.45) is 5.92 Å². The summed E-state index contributed by atoms with van der Waals surface area (Å²) < 4.78 is 63.3. The van der Waals surface area contributed by atoms with E-state index in [9.17, 15) is 26.4 Å². The van der Waals surface area contributed by atoms with Crippen molar-refractivity contribution in [2.45, 2.75) is 11.1 Å². The molecule has 9 heteroatoms. The van der Waals surface area contributed by atoms with Gasteiger partial charge in [0.2, 0.25) is 10.0 Å². The van der Waals surface area contributed by atoms with Crippen LogP contribution >= 0.6 is 0 Å². The molecule has 0 spiro atoms. The quantitative estimate of drug-likeness (QED) is 0.916. The van der Waals surface area contributed by atoms with E-state index in [4.69, 9.17) is 5.11 Å². The average molecular weight is 309 g/mol. The van der Waals surface area contributed by atoms with Crippen molar-refractivity contribution in [3.63, 3.8) is 0 Å². The van der Waals surface area contributed by atoms with Crippen LogP contribution in [0.25, 0.3) is 0 Å². The van der Waals surface area contributed by atoms with Crippen molar-refractivity contribution >= 4 is 16.0 Å². The summed E-state index contributed by atoms with van der Waals surface area (Å²) in [5.74, 6) is -2.04. The van der Waals surface area contributed by atoms with Crippen molar-refractivity contribution in [1.29, 1.82) is 0 Å². The Kier molecular flexibility index (Phi) is 3.51. The Morgan fingerprint density at radius 2 is 1.80 bits per heavy atom. The zero-order chi connectivity index (χ0) is 15.1. The summed E-state index contributed by atoms with van der Waals surface area (Å²) in [5.41, 5.74) is -1.25. The van der Waals surface area contributed by atoms with Crippen LogP contribution in [0.2, 0.25) is 0 Å². The van der Waals surface area contributed by atoms with Crippen LogP contribution in [0.15, 0.2) is 29.2 Å². The summed E-state index contributed by atoms with van der Waals surface area (Å²) in [6.45, 7) is -0.631. The van der Waals surface area contributed by atoms with E-state index in [1.165, 1.54) is 6.07 Å². The van der Waals surface area contributed by atoms with Crippen LogP contribution in [0.5, 0.6) is 0 Å². The number of aliphatic carboxylic acids is 1. The lowest BCUT2D eigenvalue weighted by Gasteiger charge is -2.35. The molecule has 1 aliphatic heterocycles. The molecular formula is C11H10F3NO4S. The molecule has 1 fully saturated rings. The molecule has 0 amide bonds. The fourth-order valence-corrected chi connectivity index (χ4v) is 3.60. The van der Waals surface area contributed by atoms with E-state index >= 15 is 0 Å². The number of carbonyl (C=O) groups is 1. The number of rotatable bonds is 3. The van der Waals surface area contributed by atoms with Gasteiger partial charge in [0.1, 0.15) is 0 Å². The molecule has 1 saturated heterocycles. The molecule has 1 heterocycles. The van der Waals surface area contributed by atoms with Crippen molar-refractivity contribution in [2.75, 3.05) is 13.1 Å². The molecule has 0 aromatic heterocycles. The highest BCUT2D eigenvalue weighted by Gasteiger charge is 2.44. The number of halogens is 3. The molecule has 1 aliphatic rings. The van der Waals surface area contributed by atoms with Crippen LogP contribution in [-0.2, 0) is 21.0 Å². The molecule has 0 bridgehead atoms. The summed E-state index contributed by atoms with van der Waals surface area (Å²) in [5, 5.41) is 8.67. The average Bonchev–Trinajstić information content (AvgIpc) is 2.24. The largest absolute Gasteiger partial charge is 0.481 e. The second-order valence-corrected chi connectivity index (χ2v) is 6.26. The van der Waals surface area contributed by atoms with E-state index in [1.54, 1.807) is 0 Å². The third-order valence-corrected chi connectivity index (χ3v) is 4.90. The zero-order valence-corrected chi connectivity index (χ0v) is 10.8. The predicted molar refractivity (Wildman–Crippen MR) is 61.3 cm³/mol. The van der Waals surface area contributed by atoms with Gasteiger partial charge >= 0.3 is 12.1 Å². The van der Waals surface area contributed by atoms with Gasteiger partial charge < -0.3 is 5.11 Å². The molecule has 1 aromatic rings. The molecule has 20 heavy (non-hydrogen) atoms. The lowest BCUT2D eigenvalue weighted by atomic mass is 10.0. The number of sulfonamides is 1. The number of benzene rings is 1. The minimum atomic E-state index is -4.79. The van der Waals surface area contributed by atoms with E-state index in [2.05, 4.69) is 0 Å². The minimum absolute atomic E-state index is 0.316. The SMILES string of the molecule is O=C(O)C1CN(S(=O)(=O)c2ccccc2C(F)(F)F)C1. The third kappa shape index (κ3) is 2.50. The maximum atomic E-state index is 12.8. The van der Waals surface area contributed by atoms with Crippen LogP contribution in [0.1, 0.15) is 5.56 Å². The number of nitrogens with zero attached hydrogens (tertiary/aromatic N) is 1. The fourth-order valence-electron chi connectivity index (χ4n) is 1.86. The molecule has 0 radical (unpaired) electrons. The van der Waals surface area contributed by atoms with Crippen LogP contribution in [0.3, 0.4) is 0 Å². The van der Waals surface area contributed by atoms with E-state index < -0.39 is 38.5 Å². The number of hydrogen-bond acceptors (Lipinski definition) is 3. The van der Waals surface area contributed by atoms with Gasteiger partial charge in [-0.05, 0) is 12.1 Å². The first-order valence-electron chi connectivity index (χ1n) is 5.53. The van der Waals surface area contributed by atoms with Gasteiger partial charge in [0.15, 0.2) is 0 Å². The molecular weight excluding hydrogens is 299 g/mol. The third-order valence-electron chi connectivity index (χ3n) is 3.01. The lowest BCUT2D eigenvalue weighted by Crippen LogP contribution is -2.53. The maximum absolute atomic E-state index is 12.8. The predicted octanol–water partition coefficient (Wildman–Crippen LogP) is 1.41. The number of carboxylic acid groups (broad SMARTS) is 1. The summed E-state index contributed by atoms with van der Waals surface area (Å²) in [4.78, 5) is 9.76. The van der Waals surface area contributed by atoms with Gasteiger partial charge in [-0.1, -0.05) is 12.1 Å². The Bertz CT molecular complexity index is 635. The van der Waals surface area contributed by atoms with Crippen molar-refractivity contribution in [1.82, 2.24) is 4.31 Å². The number of alkyl halides is 3. The van der Waals surface area contributed by atoms with Crippen molar-refractivity contribution < 1.29 is 31.5 Å². The normalized spacial score (nSPS) is 17.8. The summed E-state index contributed by atoms with van der Waals surface area (Å²) in [7, 11) is -4.33. The van der Waals surface area contributed by atoms with Gasteiger partial charge in [0, 0.05) is 13.1 Å². The summed E-state index contributed by atoms with van der Waals surface area (Å²) in [6.07, 6.45) is -4.79. The Hall–Kier alpha value is -1.61. The Balaban J connectivity index is 2.35. The first-order valence-corrected chi connectivity index (χ1v) is 6.97. The standard InChI is InChI=1S/C11H10F3NO4S/c12-11(13,14)8-3-1-2-4-9(8)20(18,19)15-5-7(6-15)10(16)17/h1-4,7H,5-6H2,(H,16,17). The van der Waals surface area contributed by atoms with E-state index in [0.29, 0.717) is 6.07 Å². The van der Waals surface area contributed by atoms with Gasteiger partial charge in [0.25, 0.3) is 0 Å². The smallest absolute Gasteiger partial charge is 0.417 e. The molecule has 0 aliphatic carbocycles. The van der Waals surface area contributed by atoms with Gasteiger partial charge in [-0.25, -0.2) is 8.42 Å². The van der Waals surface area contributed by atoms with Crippen LogP contribution in [0, 0.1) is 5.92 Å². The number of carboxylic acids is 1. The van der Waals surface area contributed by atoms with E-state index in [0.717, 1.165) is 16.4 Å². The minimum Gasteiger partial charge on any atom is -0.481 e. The lowest BCUT2D eigenvalue weighted by molar-refractivity contribution is -0.145. The first-order chi connectivity index (χ1) is 9.14. The summed E-state index contributed by atoms with van der Waals surface area (Å²) >= 11 is 0. The molecule has 1 N–H and O–H groups in total. The molecule has 5 nitrogen and oxygen atoms in total. The molecule has 0 saturated carbocycles. The molecule has 2 rings (SSSR count). The van der Waals surface area contributed by atoms with E-state index in [1.807, 2.05) is 0 Å². The van der Waals surface area contributed by atoms with Crippen LogP contribution < -0.4 is 0 Å². The van der Waals surface area contributed by atoms with Gasteiger partial charge in [-0.2, -0.15) is 17.5 Å². The molecule has 110 valence electrons. The second kappa shape index (κ2) is 4.74. The Morgan fingerprint density at radius 1 is 1.25 bits per heavy atom. The maximum Gasteiger partial charge on any atom is 0.417 e. The molecule has 0 atom stereocenters. The monoisotopic (exact) mass is 309 g/mol. The zero-order valence-electron chi connectivity index (χ0n) is 9.96. The van der Waals surface area contributed by atoms with Crippen molar-refractivity contribution in [3.05, 3.63) is 29.8 Å². The highest BCUT2D eigenvalue weighted by molar-refractivity contribution is 7.89. The second-order valence-electron chi connectivity index (χ2n) is 4.35. The molecule has 1 aromatic carbocycles. The van der Waals surface area contributed by atoms with Gasteiger partial charge in [-0.15, -0.1) is 0 Å². The highest BCUT2D eigenvalue weighted by atomic mass is 32.2. The van der Waals surface area contributed by atoms with Gasteiger partial charge in [0.05, 0.1) is 16.4 Å². The van der Waals surface area contributed by atoms with Crippen molar-refractivity contribution in [3.8, 4) is 0 Å². The first kappa shape index (κ1) is 14.8. The molecule has 0 unspecified atom stereocenters. The van der Waals surface area contributed by atoms with E-state index in [-0.39, 0.29) is 13.1 Å². The Morgan fingerprint density at radius 3 is 2.30 bits per heavy atom. The number of hydrogen-bond donors (Lipinski definition) is 1. The Labute approximate surface area is 112 Å². The van der Waals surface area contributed by atoms with Crippen LogP contribution in [0.4, 0.5) is 13.2 Å². The van der Waals surface area contributed by atoms with Gasteiger partial charge in [-0.3, -0.25) is 4.79 Å². The highest BCUT2D eigenvalue weighted by Crippen LogP contribution is 2.36. The van der Waals surface area contributed by atoms with Crippen LogP contribution in [-0.4, -0.2) is 36.9 Å².